The fourth-order valence-corrected chi connectivity index (χ4v) is 1.77. The van der Waals surface area contributed by atoms with E-state index in [1.54, 1.807) is 6.92 Å². The fraction of sp³-hybridized carbons (Fsp3) is 0.333. The molecule has 0 fully saturated rings. The Morgan fingerprint density at radius 1 is 1.64 bits per heavy atom. The van der Waals surface area contributed by atoms with Gasteiger partial charge in [-0.05, 0) is 18.4 Å². The Bertz CT molecular complexity index is 321. The Labute approximate surface area is 85.6 Å². The first-order valence-electron chi connectivity index (χ1n) is 4.14. The van der Waals surface area contributed by atoms with Gasteiger partial charge in [-0.25, -0.2) is 0 Å². The number of carboxylic acid groups (broad SMARTS) is 1. The van der Waals surface area contributed by atoms with Crippen molar-refractivity contribution in [3.63, 3.8) is 0 Å². The maximum absolute atomic E-state index is 11.4. The monoisotopic (exact) mass is 213 g/mol. The molecule has 0 saturated carbocycles. The van der Waals surface area contributed by atoms with Crippen LogP contribution in [0.25, 0.3) is 0 Å². The molecule has 2 N–H and O–H groups in total. The van der Waals surface area contributed by atoms with Crippen molar-refractivity contribution in [2.45, 2.75) is 12.8 Å². The number of nitrogens with one attached hydrogen (secondary N) is 1. The van der Waals surface area contributed by atoms with Crippen LogP contribution in [0.4, 0.5) is 0 Å². The van der Waals surface area contributed by atoms with Gasteiger partial charge in [-0.2, -0.15) is 0 Å². The lowest BCUT2D eigenvalue weighted by atomic mass is 10.1. The van der Waals surface area contributed by atoms with Gasteiger partial charge in [0.1, 0.15) is 6.54 Å². The summed E-state index contributed by atoms with van der Waals surface area (Å²) in [6, 6.07) is 3.72. The van der Waals surface area contributed by atoms with Crippen molar-refractivity contribution in [3.8, 4) is 0 Å². The first-order chi connectivity index (χ1) is 6.61. The second kappa shape index (κ2) is 4.76. The number of rotatable bonds is 4. The minimum absolute atomic E-state index is 0.255. The highest BCUT2D eigenvalue weighted by Crippen LogP contribution is 2.20. The van der Waals surface area contributed by atoms with E-state index in [0.29, 0.717) is 0 Å². The molecule has 0 aliphatic carbocycles. The SMILES string of the molecule is CC(C(=O)NCC(=O)O)c1cccs1. The molecule has 0 bridgehead atoms. The van der Waals surface area contributed by atoms with Crippen LogP contribution in [0, 0.1) is 0 Å². The third-order valence-corrected chi connectivity index (χ3v) is 2.83. The average molecular weight is 213 g/mol. The second-order valence-corrected chi connectivity index (χ2v) is 3.83. The fourth-order valence-electron chi connectivity index (χ4n) is 0.983. The Balaban J connectivity index is 2.49. The van der Waals surface area contributed by atoms with Crippen LogP contribution in [0.1, 0.15) is 17.7 Å². The number of carbonyl (C=O) groups excluding carboxylic acids is 1. The maximum Gasteiger partial charge on any atom is 0.322 e. The summed E-state index contributed by atoms with van der Waals surface area (Å²) < 4.78 is 0. The zero-order valence-corrected chi connectivity index (χ0v) is 8.50. The van der Waals surface area contributed by atoms with Crippen LogP contribution >= 0.6 is 11.3 Å². The predicted molar refractivity (Wildman–Crippen MR) is 53.4 cm³/mol. The Kier molecular flexibility index (Phi) is 3.64. The summed E-state index contributed by atoms with van der Waals surface area (Å²) in [6.45, 7) is 1.43. The normalized spacial score (nSPS) is 12.1. The van der Waals surface area contributed by atoms with E-state index in [0.717, 1.165) is 4.88 Å². The van der Waals surface area contributed by atoms with E-state index in [9.17, 15) is 9.59 Å². The number of amides is 1. The first kappa shape index (κ1) is 10.7. The molecule has 0 aliphatic rings. The van der Waals surface area contributed by atoms with E-state index in [1.165, 1.54) is 11.3 Å². The van der Waals surface area contributed by atoms with Gasteiger partial charge in [-0.15, -0.1) is 11.3 Å². The van der Waals surface area contributed by atoms with Crippen LogP contribution in [0.2, 0.25) is 0 Å². The molecule has 0 aliphatic heterocycles. The number of hydrogen-bond donors (Lipinski definition) is 2. The van der Waals surface area contributed by atoms with Crippen LogP contribution < -0.4 is 5.32 Å². The minimum atomic E-state index is -1.03. The quantitative estimate of drug-likeness (QED) is 0.785. The molecule has 1 unspecified atom stereocenters. The first-order valence-corrected chi connectivity index (χ1v) is 5.02. The van der Waals surface area contributed by atoms with Gasteiger partial charge in [0.05, 0.1) is 5.92 Å². The molecule has 0 aromatic carbocycles. The van der Waals surface area contributed by atoms with E-state index in [2.05, 4.69) is 5.32 Å². The number of carbonyl (C=O) groups is 2. The molecule has 1 amide bonds. The standard InChI is InChI=1S/C9H11NO3S/c1-6(7-3-2-4-14-7)9(13)10-5-8(11)12/h2-4,6H,5H2,1H3,(H,10,13)(H,11,12). The van der Waals surface area contributed by atoms with Crippen LogP contribution in [0.5, 0.6) is 0 Å². The smallest absolute Gasteiger partial charge is 0.322 e. The average Bonchev–Trinajstić information content (AvgIpc) is 2.65. The number of aliphatic carboxylic acids is 1. The van der Waals surface area contributed by atoms with Crippen molar-refractivity contribution in [2.24, 2.45) is 0 Å². The van der Waals surface area contributed by atoms with Gasteiger partial charge < -0.3 is 10.4 Å². The summed E-state index contributed by atoms with van der Waals surface area (Å²) in [5.74, 6) is -1.57. The van der Waals surface area contributed by atoms with Gasteiger partial charge in [0, 0.05) is 4.88 Å². The molecule has 1 heterocycles. The van der Waals surface area contributed by atoms with Crippen LogP contribution in [0.3, 0.4) is 0 Å². The minimum Gasteiger partial charge on any atom is -0.480 e. The topological polar surface area (TPSA) is 66.4 Å². The zero-order chi connectivity index (χ0) is 10.6. The third kappa shape index (κ3) is 2.85. The molecular weight excluding hydrogens is 202 g/mol. The van der Waals surface area contributed by atoms with Gasteiger partial charge in [-0.3, -0.25) is 9.59 Å². The third-order valence-electron chi connectivity index (χ3n) is 1.78. The van der Waals surface area contributed by atoms with Crippen molar-refractivity contribution in [3.05, 3.63) is 22.4 Å². The van der Waals surface area contributed by atoms with Gasteiger partial charge in [0.2, 0.25) is 5.91 Å². The number of carboxylic acids is 1. The maximum atomic E-state index is 11.4. The lowest BCUT2D eigenvalue weighted by molar-refractivity contribution is -0.138. The van der Waals surface area contributed by atoms with Crippen molar-refractivity contribution < 1.29 is 14.7 Å². The molecule has 5 heteroatoms. The van der Waals surface area contributed by atoms with E-state index in [1.807, 2.05) is 17.5 Å². The predicted octanol–water partition coefficient (Wildman–Crippen LogP) is 1.05. The number of hydrogen-bond acceptors (Lipinski definition) is 3. The number of thiophene rings is 1. The van der Waals surface area contributed by atoms with Gasteiger partial charge >= 0.3 is 5.97 Å². The zero-order valence-electron chi connectivity index (χ0n) is 7.69. The van der Waals surface area contributed by atoms with Gasteiger partial charge in [-0.1, -0.05) is 6.07 Å². The van der Waals surface area contributed by atoms with Crippen LogP contribution in [-0.2, 0) is 9.59 Å². The highest BCUT2D eigenvalue weighted by molar-refractivity contribution is 7.10. The van der Waals surface area contributed by atoms with Crippen molar-refractivity contribution in [2.75, 3.05) is 6.54 Å². The van der Waals surface area contributed by atoms with Gasteiger partial charge in [0.15, 0.2) is 0 Å². The summed E-state index contributed by atoms with van der Waals surface area (Å²) in [6.07, 6.45) is 0. The lowest BCUT2D eigenvalue weighted by Gasteiger charge is -2.08. The van der Waals surface area contributed by atoms with Gasteiger partial charge in [0.25, 0.3) is 0 Å². The van der Waals surface area contributed by atoms with Crippen LogP contribution in [0.15, 0.2) is 17.5 Å². The van der Waals surface area contributed by atoms with E-state index in [4.69, 9.17) is 5.11 Å². The van der Waals surface area contributed by atoms with Crippen molar-refractivity contribution in [1.82, 2.24) is 5.32 Å². The van der Waals surface area contributed by atoms with Crippen molar-refractivity contribution in [1.29, 1.82) is 0 Å². The molecule has 0 radical (unpaired) electrons. The summed E-state index contributed by atoms with van der Waals surface area (Å²) in [5.41, 5.74) is 0. The van der Waals surface area contributed by atoms with Crippen molar-refractivity contribution >= 4 is 23.2 Å². The molecule has 1 aromatic heterocycles. The molecule has 1 aromatic rings. The highest BCUT2D eigenvalue weighted by atomic mass is 32.1. The van der Waals surface area contributed by atoms with E-state index >= 15 is 0 Å². The molecular formula is C9H11NO3S. The summed E-state index contributed by atoms with van der Waals surface area (Å²) in [5, 5.41) is 12.6. The molecule has 1 rings (SSSR count). The lowest BCUT2D eigenvalue weighted by Crippen LogP contribution is -2.32. The molecule has 0 spiro atoms. The van der Waals surface area contributed by atoms with E-state index < -0.39 is 5.97 Å². The van der Waals surface area contributed by atoms with E-state index in [-0.39, 0.29) is 18.4 Å². The Hall–Kier alpha value is -1.36. The largest absolute Gasteiger partial charge is 0.480 e. The Morgan fingerprint density at radius 3 is 2.86 bits per heavy atom. The molecule has 4 nitrogen and oxygen atoms in total. The van der Waals surface area contributed by atoms with Crippen LogP contribution in [-0.4, -0.2) is 23.5 Å². The summed E-state index contributed by atoms with van der Waals surface area (Å²) in [4.78, 5) is 22.5. The molecule has 76 valence electrons. The highest BCUT2D eigenvalue weighted by Gasteiger charge is 2.16. The summed E-state index contributed by atoms with van der Waals surface area (Å²) >= 11 is 1.49. The molecule has 0 saturated heterocycles. The Morgan fingerprint density at radius 2 is 2.36 bits per heavy atom. The molecule has 1 atom stereocenters. The second-order valence-electron chi connectivity index (χ2n) is 2.85. The molecule has 14 heavy (non-hydrogen) atoms. The summed E-state index contributed by atoms with van der Waals surface area (Å²) in [7, 11) is 0.